The van der Waals surface area contributed by atoms with Crippen LogP contribution in [0.25, 0.3) is 23.0 Å². The summed E-state index contributed by atoms with van der Waals surface area (Å²) in [7, 11) is 0. The number of nitrogens with zero attached hydrogens (tertiary/aromatic N) is 4. The van der Waals surface area contributed by atoms with Crippen LogP contribution in [0.4, 0.5) is 10.1 Å². The molecule has 0 aliphatic heterocycles. The van der Waals surface area contributed by atoms with Gasteiger partial charge in [-0.2, -0.15) is 4.98 Å². The Morgan fingerprint density at radius 3 is 2.83 bits per heavy atom. The maximum Gasteiger partial charge on any atom is 0.258 e. The lowest BCUT2D eigenvalue weighted by Crippen LogP contribution is -2.18. The SMILES string of the molecule is Cc1c(Cl)cccc1NC(=O)Cn1cnc(-c2noc(-c3ccc(F)cc3)n2)c1. The van der Waals surface area contributed by atoms with Crippen molar-refractivity contribution in [3.05, 3.63) is 71.4 Å². The number of nitrogens with one attached hydrogen (secondary N) is 1. The molecule has 0 unspecified atom stereocenters. The van der Waals surface area contributed by atoms with Crippen LogP contribution in [0.3, 0.4) is 0 Å². The molecule has 0 spiro atoms. The van der Waals surface area contributed by atoms with Gasteiger partial charge in [-0.3, -0.25) is 4.79 Å². The smallest absolute Gasteiger partial charge is 0.258 e. The van der Waals surface area contributed by atoms with Crippen LogP contribution >= 0.6 is 11.6 Å². The fraction of sp³-hybridized carbons (Fsp3) is 0.100. The van der Waals surface area contributed by atoms with Crippen molar-refractivity contribution < 1.29 is 13.7 Å². The number of hydrogen-bond donors (Lipinski definition) is 1. The van der Waals surface area contributed by atoms with Crippen molar-refractivity contribution in [2.45, 2.75) is 13.5 Å². The highest BCUT2D eigenvalue weighted by atomic mass is 35.5. The Bertz CT molecular complexity index is 1170. The number of hydrogen-bond acceptors (Lipinski definition) is 5. The first-order valence-corrected chi connectivity index (χ1v) is 9.04. The minimum absolute atomic E-state index is 0.0572. The maximum atomic E-state index is 13.0. The van der Waals surface area contributed by atoms with Crippen LogP contribution in [0.2, 0.25) is 5.02 Å². The minimum Gasteiger partial charge on any atom is -0.334 e. The molecule has 9 heteroatoms. The van der Waals surface area contributed by atoms with Crippen LogP contribution in [0.15, 0.2) is 59.5 Å². The second-order valence-corrected chi connectivity index (χ2v) is 6.73. The summed E-state index contributed by atoms with van der Waals surface area (Å²) in [4.78, 5) is 20.8. The Morgan fingerprint density at radius 1 is 1.24 bits per heavy atom. The van der Waals surface area contributed by atoms with Crippen molar-refractivity contribution in [2.75, 3.05) is 5.32 Å². The molecule has 29 heavy (non-hydrogen) atoms. The molecule has 0 saturated carbocycles. The second-order valence-electron chi connectivity index (χ2n) is 6.32. The Morgan fingerprint density at radius 2 is 2.03 bits per heavy atom. The molecule has 1 N–H and O–H groups in total. The van der Waals surface area contributed by atoms with Crippen LogP contribution in [0.1, 0.15) is 5.56 Å². The van der Waals surface area contributed by atoms with E-state index in [9.17, 15) is 9.18 Å². The van der Waals surface area contributed by atoms with Gasteiger partial charge in [0.05, 0.1) is 6.33 Å². The van der Waals surface area contributed by atoms with Crippen LogP contribution < -0.4 is 5.32 Å². The Hall–Kier alpha value is -3.52. The van der Waals surface area contributed by atoms with Gasteiger partial charge in [0, 0.05) is 22.5 Å². The molecule has 7 nitrogen and oxygen atoms in total. The molecule has 146 valence electrons. The first-order valence-electron chi connectivity index (χ1n) is 8.66. The van der Waals surface area contributed by atoms with Gasteiger partial charge in [0.15, 0.2) is 0 Å². The third-order valence-corrected chi connectivity index (χ3v) is 4.66. The lowest BCUT2D eigenvalue weighted by atomic mass is 10.2. The minimum atomic E-state index is -0.349. The van der Waals surface area contributed by atoms with Crippen LogP contribution in [-0.4, -0.2) is 25.6 Å². The van der Waals surface area contributed by atoms with Crippen molar-refractivity contribution in [1.29, 1.82) is 0 Å². The molecule has 0 aliphatic carbocycles. The summed E-state index contributed by atoms with van der Waals surface area (Å²) in [6.45, 7) is 1.89. The van der Waals surface area contributed by atoms with Crippen LogP contribution in [0.5, 0.6) is 0 Å². The molecule has 1 amide bonds. The highest BCUT2D eigenvalue weighted by molar-refractivity contribution is 6.31. The van der Waals surface area contributed by atoms with E-state index in [-0.39, 0.29) is 30.0 Å². The molecule has 2 heterocycles. The topological polar surface area (TPSA) is 85.8 Å². The van der Waals surface area contributed by atoms with E-state index in [1.54, 1.807) is 41.1 Å². The summed E-state index contributed by atoms with van der Waals surface area (Å²) in [6.07, 6.45) is 3.15. The molecular formula is C20H15ClFN5O2. The summed E-state index contributed by atoms with van der Waals surface area (Å²) in [5, 5.41) is 7.31. The van der Waals surface area contributed by atoms with Crippen molar-refractivity contribution in [3.63, 3.8) is 0 Å². The number of carbonyl (C=O) groups is 1. The van der Waals surface area contributed by atoms with E-state index in [0.29, 0.717) is 22.0 Å². The van der Waals surface area contributed by atoms with Crippen molar-refractivity contribution in [2.24, 2.45) is 0 Å². The fourth-order valence-electron chi connectivity index (χ4n) is 2.70. The van der Waals surface area contributed by atoms with E-state index in [4.69, 9.17) is 16.1 Å². The standard InChI is InChI=1S/C20H15ClFN5O2/c1-12-15(21)3-2-4-16(12)24-18(28)10-27-9-17(23-11-27)19-25-20(29-26-19)13-5-7-14(22)8-6-13/h2-9,11H,10H2,1H3,(H,24,28). The Kier molecular flexibility index (Phi) is 5.09. The zero-order valence-corrected chi connectivity index (χ0v) is 16.0. The lowest BCUT2D eigenvalue weighted by molar-refractivity contribution is -0.116. The van der Waals surface area contributed by atoms with Gasteiger partial charge in [-0.15, -0.1) is 0 Å². The van der Waals surface area contributed by atoms with Gasteiger partial charge >= 0.3 is 0 Å². The first-order chi connectivity index (χ1) is 14.0. The molecule has 2 aromatic heterocycles. The summed E-state index contributed by atoms with van der Waals surface area (Å²) in [5.74, 6) is -0.0456. The van der Waals surface area contributed by atoms with Gasteiger partial charge in [-0.1, -0.05) is 22.8 Å². The lowest BCUT2D eigenvalue weighted by Gasteiger charge is -2.09. The highest BCUT2D eigenvalue weighted by Crippen LogP contribution is 2.23. The molecular weight excluding hydrogens is 397 g/mol. The second kappa shape index (κ2) is 7.84. The van der Waals surface area contributed by atoms with Crippen molar-refractivity contribution >= 4 is 23.2 Å². The zero-order chi connectivity index (χ0) is 20.4. The molecule has 0 radical (unpaired) electrons. The van der Waals surface area contributed by atoms with E-state index in [0.717, 1.165) is 5.56 Å². The van der Waals surface area contributed by atoms with Gasteiger partial charge in [0.1, 0.15) is 18.1 Å². The third kappa shape index (κ3) is 4.17. The number of aromatic nitrogens is 4. The maximum absolute atomic E-state index is 13.0. The van der Waals surface area contributed by atoms with Gasteiger partial charge < -0.3 is 14.4 Å². The number of anilines is 1. The normalized spacial score (nSPS) is 10.9. The number of halogens is 2. The number of benzene rings is 2. The number of carbonyl (C=O) groups excluding carboxylic acids is 1. The molecule has 4 aromatic rings. The van der Waals surface area contributed by atoms with Gasteiger partial charge in [-0.05, 0) is 48.9 Å². The highest BCUT2D eigenvalue weighted by Gasteiger charge is 2.14. The van der Waals surface area contributed by atoms with Crippen molar-refractivity contribution in [1.82, 2.24) is 19.7 Å². The largest absolute Gasteiger partial charge is 0.334 e. The average molecular weight is 412 g/mol. The molecule has 0 fully saturated rings. The molecule has 0 atom stereocenters. The number of imidazole rings is 1. The summed E-state index contributed by atoms with van der Waals surface area (Å²) < 4.78 is 19.9. The van der Waals surface area contributed by atoms with Gasteiger partial charge in [-0.25, -0.2) is 9.37 Å². The summed E-state index contributed by atoms with van der Waals surface area (Å²) in [6, 6.07) is 11.0. The third-order valence-electron chi connectivity index (χ3n) is 4.25. The quantitative estimate of drug-likeness (QED) is 0.528. The fourth-order valence-corrected chi connectivity index (χ4v) is 2.87. The monoisotopic (exact) mass is 411 g/mol. The zero-order valence-electron chi connectivity index (χ0n) is 15.3. The van der Waals surface area contributed by atoms with E-state index >= 15 is 0 Å². The van der Waals surface area contributed by atoms with E-state index in [1.165, 1.54) is 18.5 Å². The molecule has 2 aromatic carbocycles. The molecule has 0 saturated heterocycles. The Labute approximate surface area is 170 Å². The molecule has 0 aliphatic rings. The summed E-state index contributed by atoms with van der Waals surface area (Å²) in [5.41, 5.74) is 2.51. The molecule has 4 rings (SSSR count). The predicted octanol–water partition coefficient (Wildman–Crippen LogP) is 4.34. The van der Waals surface area contributed by atoms with E-state index in [2.05, 4.69) is 20.4 Å². The van der Waals surface area contributed by atoms with Crippen LogP contribution in [0, 0.1) is 12.7 Å². The Balaban J connectivity index is 1.45. The first kappa shape index (κ1) is 18.8. The number of amides is 1. The van der Waals surface area contributed by atoms with E-state index in [1.807, 2.05) is 6.92 Å². The van der Waals surface area contributed by atoms with Gasteiger partial charge in [0.25, 0.3) is 5.89 Å². The van der Waals surface area contributed by atoms with Gasteiger partial charge in [0.2, 0.25) is 11.7 Å². The average Bonchev–Trinajstić information content (AvgIpc) is 3.36. The van der Waals surface area contributed by atoms with E-state index < -0.39 is 0 Å². The summed E-state index contributed by atoms with van der Waals surface area (Å²) >= 11 is 6.07. The number of rotatable bonds is 5. The molecule has 0 bridgehead atoms. The van der Waals surface area contributed by atoms with Crippen LogP contribution in [-0.2, 0) is 11.3 Å². The predicted molar refractivity (Wildman–Crippen MR) is 106 cm³/mol. The van der Waals surface area contributed by atoms with Crippen molar-refractivity contribution in [3.8, 4) is 23.0 Å².